The summed E-state index contributed by atoms with van der Waals surface area (Å²) in [7, 11) is 0. The van der Waals surface area contributed by atoms with Crippen LogP contribution in [0, 0.1) is 6.92 Å². The number of nitrogens with one attached hydrogen (secondary N) is 1. The Morgan fingerprint density at radius 2 is 2.00 bits per heavy atom. The molecule has 1 aliphatic heterocycles. The largest absolute Gasteiger partial charge is 0.368 e. The molecule has 20 heavy (non-hydrogen) atoms. The van der Waals surface area contributed by atoms with E-state index in [9.17, 15) is 0 Å². The lowest BCUT2D eigenvalue weighted by molar-refractivity contribution is 0.588. The Kier molecular flexibility index (Phi) is 3.47. The third kappa shape index (κ3) is 2.55. The fraction of sp³-hybridized carbons (Fsp3) is 0.357. The van der Waals surface area contributed by atoms with E-state index >= 15 is 0 Å². The lowest BCUT2D eigenvalue weighted by Gasteiger charge is -2.30. The van der Waals surface area contributed by atoms with Crippen molar-refractivity contribution in [1.29, 1.82) is 0 Å². The number of nitrogens with two attached hydrogens (primary N) is 1. The molecule has 3 N–H and O–H groups in total. The van der Waals surface area contributed by atoms with Gasteiger partial charge in [0.2, 0.25) is 5.95 Å². The molecule has 3 rings (SSSR count). The smallest absolute Gasteiger partial charge is 0.220 e. The zero-order chi connectivity index (χ0) is 13.9. The van der Waals surface area contributed by atoms with Gasteiger partial charge in [0.05, 0.1) is 23.3 Å². The third-order valence-corrected chi connectivity index (χ3v) is 3.48. The molecule has 2 aromatic rings. The molecule has 104 valence electrons. The van der Waals surface area contributed by atoms with Crippen molar-refractivity contribution in [3.63, 3.8) is 0 Å². The molecule has 0 unspecified atom stereocenters. The Bertz CT molecular complexity index is 606. The first kappa shape index (κ1) is 12.8. The van der Waals surface area contributed by atoms with Crippen molar-refractivity contribution in [3.05, 3.63) is 30.1 Å². The summed E-state index contributed by atoms with van der Waals surface area (Å²) in [6.07, 6.45) is 3.58. The summed E-state index contributed by atoms with van der Waals surface area (Å²) in [5.41, 5.74) is 9.60. The number of pyridine rings is 1. The number of piperazine rings is 1. The number of aromatic nitrogens is 3. The summed E-state index contributed by atoms with van der Waals surface area (Å²) in [6.45, 7) is 6.17. The average molecular weight is 270 g/mol. The average Bonchev–Trinajstić information content (AvgIpc) is 2.48. The number of hydrogen-bond donors (Lipinski definition) is 2. The second-order valence-corrected chi connectivity index (χ2v) is 4.89. The van der Waals surface area contributed by atoms with Crippen LogP contribution in [-0.4, -0.2) is 41.1 Å². The van der Waals surface area contributed by atoms with E-state index in [1.54, 1.807) is 6.20 Å². The molecule has 6 nitrogen and oxygen atoms in total. The molecule has 0 aromatic carbocycles. The maximum Gasteiger partial charge on any atom is 0.220 e. The summed E-state index contributed by atoms with van der Waals surface area (Å²) in [5.74, 6) is 0.271. The van der Waals surface area contributed by atoms with Crippen LogP contribution in [0.15, 0.2) is 24.5 Å². The van der Waals surface area contributed by atoms with Gasteiger partial charge in [0, 0.05) is 32.4 Å². The number of nitrogen functional groups attached to an aromatic ring is 1. The van der Waals surface area contributed by atoms with Crippen LogP contribution in [0.1, 0.15) is 5.56 Å². The zero-order valence-electron chi connectivity index (χ0n) is 11.5. The molecule has 1 aliphatic rings. The Morgan fingerprint density at radius 3 is 2.70 bits per heavy atom. The fourth-order valence-electron chi connectivity index (χ4n) is 2.44. The summed E-state index contributed by atoms with van der Waals surface area (Å²) >= 11 is 0. The van der Waals surface area contributed by atoms with Crippen LogP contribution in [0.2, 0.25) is 0 Å². The van der Waals surface area contributed by atoms with Gasteiger partial charge in [-0.15, -0.1) is 0 Å². The molecule has 3 heterocycles. The number of hydrogen-bond acceptors (Lipinski definition) is 6. The van der Waals surface area contributed by atoms with Gasteiger partial charge < -0.3 is 16.0 Å². The summed E-state index contributed by atoms with van der Waals surface area (Å²) in [5, 5.41) is 3.35. The highest BCUT2D eigenvalue weighted by Crippen LogP contribution is 2.24. The molecule has 1 fully saturated rings. The van der Waals surface area contributed by atoms with E-state index in [0.717, 1.165) is 37.6 Å². The monoisotopic (exact) mass is 270 g/mol. The molecule has 0 saturated carbocycles. The lowest BCUT2D eigenvalue weighted by Crippen LogP contribution is -2.43. The molecule has 0 atom stereocenters. The Balaban J connectivity index is 1.90. The number of aryl methyl sites for hydroxylation is 1. The Morgan fingerprint density at radius 1 is 1.20 bits per heavy atom. The maximum absolute atomic E-state index is 5.62. The van der Waals surface area contributed by atoms with Crippen LogP contribution in [0.5, 0.6) is 0 Å². The molecule has 0 spiro atoms. The van der Waals surface area contributed by atoms with Crippen molar-refractivity contribution in [3.8, 4) is 11.4 Å². The van der Waals surface area contributed by atoms with Gasteiger partial charge in [0.25, 0.3) is 0 Å². The predicted octanol–water partition coefficient (Wildman–Crippen LogP) is 0.839. The molecular weight excluding hydrogens is 252 g/mol. The first-order valence-corrected chi connectivity index (χ1v) is 6.75. The SMILES string of the molecule is Cc1cc(-c2ccnc(N)n2)ncc1N1CCNCC1. The standard InChI is InChI=1S/C14H18N6/c1-10-8-12(11-2-3-17-14(15)19-11)18-9-13(10)20-6-4-16-5-7-20/h2-3,8-9,16H,4-7H2,1H3,(H2,15,17,19). The number of rotatable bonds is 2. The quantitative estimate of drug-likeness (QED) is 0.841. The van der Waals surface area contributed by atoms with Crippen molar-refractivity contribution in [2.75, 3.05) is 36.8 Å². The highest BCUT2D eigenvalue weighted by molar-refractivity contribution is 5.62. The molecule has 6 heteroatoms. The van der Waals surface area contributed by atoms with Crippen LogP contribution < -0.4 is 16.0 Å². The van der Waals surface area contributed by atoms with E-state index < -0.39 is 0 Å². The minimum atomic E-state index is 0.271. The van der Waals surface area contributed by atoms with Crippen LogP contribution in [0.4, 0.5) is 11.6 Å². The van der Waals surface area contributed by atoms with Crippen LogP contribution in [0.3, 0.4) is 0 Å². The Labute approximate surface area is 118 Å². The van der Waals surface area contributed by atoms with Crippen LogP contribution in [0.25, 0.3) is 11.4 Å². The summed E-state index contributed by atoms with van der Waals surface area (Å²) in [4.78, 5) is 15.0. The van der Waals surface area contributed by atoms with Gasteiger partial charge in [-0.25, -0.2) is 9.97 Å². The van der Waals surface area contributed by atoms with Gasteiger partial charge >= 0.3 is 0 Å². The zero-order valence-corrected chi connectivity index (χ0v) is 11.5. The highest BCUT2D eigenvalue weighted by atomic mass is 15.2. The van der Waals surface area contributed by atoms with Crippen LogP contribution in [-0.2, 0) is 0 Å². The third-order valence-electron chi connectivity index (χ3n) is 3.48. The van der Waals surface area contributed by atoms with Gasteiger partial charge in [-0.3, -0.25) is 4.98 Å². The minimum absolute atomic E-state index is 0.271. The van der Waals surface area contributed by atoms with Gasteiger partial charge in [-0.1, -0.05) is 0 Å². The predicted molar refractivity (Wildman–Crippen MR) is 79.5 cm³/mol. The second-order valence-electron chi connectivity index (χ2n) is 4.89. The minimum Gasteiger partial charge on any atom is -0.368 e. The second kappa shape index (κ2) is 5.42. The first-order chi connectivity index (χ1) is 9.74. The van der Waals surface area contributed by atoms with E-state index in [1.165, 1.54) is 11.3 Å². The highest BCUT2D eigenvalue weighted by Gasteiger charge is 2.14. The normalized spacial score (nSPS) is 15.3. The number of nitrogens with zero attached hydrogens (tertiary/aromatic N) is 4. The lowest BCUT2D eigenvalue weighted by atomic mass is 10.1. The van der Waals surface area contributed by atoms with Crippen molar-refractivity contribution in [2.45, 2.75) is 6.92 Å². The molecule has 1 saturated heterocycles. The van der Waals surface area contributed by atoms with Crippen molar-refractivity contribution in [2.24, 2.45) is 0 Å². The van der Waals surface area contributed by atoms with Crippen LogP contribution >= 0.6 is 0 Å². The van der Waals surface area contributed by atoms with Crippen molar-refractivity contribution in [1.82, 2.24) is 20.3 Å². The number of anilines is 2. The molecule has 0 aliphatic carbocycles. The van der Waals surface area contributed by atoms with Crippen molar-refractivity contribution < 1.29 is 0 Å². The summed E-state index contributed by atoms with van der Waals surface area (Å²) in [6, 6.07) is 3.88. The van der Waals surface area contributed by atoms with E-state index in [0.29, 0.717) is 0 Å². The molecule has 2 aromatic heterocycles. The molecule has 0 radical (unpaired) electrons. The molecular formula is C14H18N6. The maximum atomic E-state index is 5.62. The van der Waals surface area contributed by atoms with Gasteiger partial charge in [-0.05, 0) is 24.6 Å². The van der Waals surface area contributed by atoms with Gasteiger partial charge in [0.15, 0.2) is 0 Å². The van der Waals surface area contributed by atoms with Gasteiger partial charge in [-0.2, -0.15) is 0 Å². The van der Waals surface area contributed by atoms with Gasteiger partial charge in [0.1, 0.15) is 0 Å². The molecule has 0 bridgehead atoms. The summed E-state index contributed by atoms with van der Waals surface area (Å²) < 4.78 is 0. The Hall–Kier alpha value is -2.21. The van der Waals surface area contributed by atoms with E-state index in [2.05, 4.69) is 38.2 Å². The topological polar surface area (TPSA) is 80.0 Å². The van der Waals surface area contributed by atoms with E-state index in [4.69, 9.17) is 5.73 Å². The van der Waals surface area contributed by atoms with Crippen molar-refractivity contribution >= 4 is 11.6 Å². The fourth-order valence-corrected chi connectivity index (χ4v) is 2.44. The van der Waals surface area contributed by atoms with E-state index in [1.807, 2.05) is 12.3 Å². The van der Waals surface area contributed by atoms with E-state index in [-0.39, 0.29) is 5.95 Å². The first-order valence-electron chi connectivity index (χ1n) is 6.75. The molecule has 0 amide bonds.